The first-order valence-corrected chi connectivity index (χ1v) is 15.6. The molecule has 2 amide bonds. The molecule has 0 spiro atoms. The molecule has 0 bridgehead atoms. The molecule has 1 fully saturated rings. The zero-order valence-electron chi connectivity index (χ0n) is 23.3. The Bertz CT molecular complexity index is 1440. The minimum absolute atomic E-state index is 0.0368. The van der Waals surface area contributed by atoms with Crippen LogP contribution in [0.5, 0.6) is 5.75 Å². The maximum Gasteiger partial charge on any atom is 0.264 e. The number of sulfonamides is 1. The van der Waals surface area contributed by atoms with E-state index in [0.717, 1.165) is 36.4 Å². The Labute approximate surface area is 247 Å². The molecule has 0 aromatic heterocycles. The predicted molar refractivity (Wildman–Crippen MR) is 160 cm³/mol. The highest BCUT2D eigenvalue weighted by atomic mass is 35.5. The van der Waals surface area contributed by atoms with Gasteiger partial charge in [0.05, 0.1) is 17.7 Å². The molecule has 0 heterocycles. The van der Waals surface area contributed by atoms with Crippen molar-refractivity contribution in [1.29, 1.82) is 0 Å². The van der Waals surface area contributed by atoms with Gasteiger partial charge in [0.2, 0.25) is 11.8 Å². The standard InChI is InChI=1S/C31H36ClN3O5S/c1-23(31(37)33-25-13-5-3-6-14-25)34(21-24-12-9-10-19-29(24)32)30(36)22-35(26-15-11-16-27(20-26)40-2)41(38,39)28-17-7-4-8-18-28/h4,7-12,15-20,23,25H,3,5-6,13-14,21-22H2,1-2H3,(H,33,37)/t23-/m1/s1. The maximum atomic E-state index is 14.1. The van der Waals surface area contributed by atoms with Gasteiger partial charge in [-0.3, -0.25) is 13.9 Å². The summed E-state index contributed by atoms with van der Waals surface area (Å²) in [4.78, 5) is 28.9. The van der Waals surface area contributed by atoms with E-state index < -0.39 is 28.5 Å². The fourth-order valence-corrected chi connectivity index (χ4v) is 6.60. The number of rotatable bonds is 11. The van der Waals surface area contributed by atoms with Crippen molar-refractivity contribution in [1.82, 2.24) is 10.2 Å². The smallest absolute Gasteiger partial charge is 0.264 e. The van der Waals surface area contributed by atoms with E-state index in [4.69, 9.17) is 16.3 Å². The Morgan fingerprint density at radius 2 is 1.66 bits per heavy atom. The summed E-state index contributed by atoms with van der Waals surface area (Å²) in [6, 6.07) is 20.7. The van der Waals surface area contributed by atoms with E-state index in [1.807, 2.05) is 0 Å². The fourth-order valence-electron chi connectivity index (χ4n) is 4.98. The number of nitrogens with one attached hydrogen (secondary N) is 1. The second kappa shape index (κ2) is 13.9. The van der Waals surface area contributed by atoms with Crippen LogP contribution in [0.3, 0.4) is 0 Å². The summed E-state index contributed by atoms with van der Waals surface area (Å²) in [7, 11) is -2.67. The molecule has 1 saturated carbocycles. The van der Waals surface area contributed by atoms with Crippen LogP contribution in [-0.2, 0) is 26.2 Å². The summed E-state index contributed by atoms with van der Waals surface area (Å²) < 4.78 is 34.1. The summed E-state index contributed by atoms with van der Waals surface area (Å²) in [6.45, 7) is 1.17. The minimum Gasteiger partial charge on any atom is -0.497 e. The summed E-state index contributed by atoms with van der Waals surface area (Å²) in [6.07, 6.45) is 5.05. The van der Waals surface area contributed by atoms with E-state index >= 15 is 0 Å². The molecule has 0 aliphatic heterocycles. The van der Waals surface area contributed by atoms with Crippen LogP contribution in [0.25, 0.3) is 0 Å². The molecule has 41 heavy (non-hydrogen) atoms. The van der Waals surface area contributed by atoms with Gasteiger partial charge >= 0.3 is 0 Å². The Balaban J connectivity index is 1.69. The Morgan fingerprint density at radius 3 is 2.34 bits per heavy atom. The van der Waals surface area contributed by atoms with Crippen molar-refractivity contribution in [2.24, 2.45) is 0 Å². The van der Waals surface area contributed by atoms with Gasteiger partial charge in [0, 0.05) is 23.7 Å². The molecule has 1 aliphatic carbocycles. The lowest BCUT2D eigenvalue weighted by Crippen LogP contribution is -2.53. The van der Waals surface area contributed by atoms with Crippen LogP contribution in [0.1, 0.15) is 44.6 Å². The molecule has 8 nitrogen and oxygen atoms in total. The lowest BCUT2D eigenvalue weighted by molar-refractivity contribution is -0.139. The van der Waals surface area contributed by atoms with Crippen LogP contribution in [0, 0.1) is 0 Å². The second-order valence-corrected chi connectivity index (χ2v) is 12.4. The third kappa shape index (κ3) is 7.59. The van der Waals surface area contributed by atoms with Crippen molar-refractivity contribution in [3.63, 3.8) is 0 Å². The number of nitrogens with zero attached hydrogens (tertiary/aromatic N) is 2. The Hall–Kier alpha value is -3.56. The summed E-state index contributed by atoms with van der Waals surface area (Å²) in [5.41, 5.74) is 0.914. The topological polar surface area (TPSA) is 96.0 Å². The van der Waals surface area contributed by atoms with E-state index in [-0.39, 0.29) is 29.1 Å². The highest BCUT2D eigenvalue weighted by Crippen LogP contribution is 2.28. The first kappa shape index (κ1) is 30.4. The van der Waals surface area contributed by atoms with Gasteiger partial charge in [0.1, 0.15) is 18.3 Å². The number of hydrogen-bond donors (Lipinski definition) is 1. The lowest BCUT2D eigenvalue weighted by atomic mass is 9.95. The van der Waals surface area contributed by atoms with E-state index in [2.05, 4.69) is 5.32 Å². The highest BCUT2D eigenvalue weighted by molar-refractivity contribution is 7.92. The SMILES string of the molecule is COc1cccc(N(CC(=O)N(Cc2ccccc2Cl)[C@H](C)C(=O)NC2CCCCC2)S(=O)(=O)c2ccccc2)c1. The number of ether oxygens (including phenoxy) is 1. The monoisotopic (exact) mass is 597 g/mol. The largest absolute Gasteiger partial charge is 0.497 e. The normalized spacial score (nSPS) is 14.6. The van der Waals surface area contributed by atoms with Crippen LogP contribution in [0.15, 0.2) is 83.8 Å². The zero-order valence-corrected chi connectivity index (χ0v) is 24.9. The van der Waals surface area contributed by atoms with Crippen molar-refractivity contribution in [2.45, 2.75) is 62.6 Å². The average Bonchev–Trinajstić information content (AvgIpc) is 2.99. The van der Waals surface area contributed by atoms with Gasteiger partial charge in [0.25, 0.3) is 10.0 Å². The van der Waals surface area contributed by atoms with E-state index in [1.54, 1.807) is 73.7 Å². The van der Waals surface area contributed by atoms with Crippen molar-refractivity contribution >= 4 is 39.1 Å². The highest BCUT2D eigenvalue weighted by Gasteiger charge is 2.33. The van der Waals surface area contributed by atoms with Gasteiger partial charge in [-0.1, -0.05) is 73.3 Å². The first-order chi connectivity index (χ1) is 19.7. The molecule has 218 valence electrons. The van der Waals surface area contributed by atoms with Gasteiger partial charge < -0.3 is 15.0 Å². The number of halogens is 1. The van der Waals surface area contributed by atoms with Gasteiger partial charge in [-0.2, -0.15) is 0 Å². The maximum absolute atomic E-state index is 14.1. The summed E-state index contributed by atoms with van der Waals surface area (Å²) in [5.74, 6) is -0.383. The van der Waals surface area contributed by atoms with E-state index in [1.165, 1.54) is 24.1 Å². The van der Waals surface area contributed by atoms with Crippen LogP contribution < -0.4 is 14.4 Å². The number of carbonyl (C=O) groups is 2. The second-order valence-electron chi connectivity index (χ2n) is 10.2. The van der Waals surface area contributed by atoms with E-state index in [0.29, 0.717) is 16.3 Å². The number of benzene rings is 3. The number of anilines is 1. The zero-order chi connectivity index (χ0) is 29.4. The average molecular weight is 598 g/mol. The molecule has 4 rings (SSSR count). The Morgan fingerprint density at radius 1 is 0.976 bits per heavy atom. The number of hydrogen-bond acceptors (Lipinski definition) is 5. The van der Waals surface area contributed by atoms with Crippen LogP contribution in [0.2, 0.25) is 5.02 Å². The molecule has 1 N–H and O–H groups in total. The number of carbonyl (C=O) groups excluding carboxylic acids is 2. The van der Waals surface area contributed by atoms with Gasteiger partial charge in [-0.15, -0.1) is 0 Å². The van der Waals surface area contributed by atoms with Crippen molar-refractivity contribution < 1.29 is 22.7 Å². The fraction of sp³-hybridized carbons (Fsp3) is 0.355. The molecule has 0 unspecified atom stereocenters. The first-order valence-electron chi connectivity index (χ1n) is 13.8. The van der Waals surface area contributed by atoms with Crippen molar-refractivity contribution in [2.75, 3.05) is 18.0 Å². The summed E-state index contributed by atoms with van der Waals surface area (Å²) in [5, 5.41) is 3.55. The molecule has 10 heteroatoms. The molecule has 3 aromatic carbocycles. The predicted octanol–water partition coefficient (Wildman–Crippen LogP) is 5.41. The van der Waals surface area contributed by atoms with Crippen molar-refractivity contribution in [3.8, 4) is 5.75 Å². The third-order valence-corrected chi connectivity index (χ3v) is 9.53. The molecular formula is C31H36ClN3O5S. The Kier molecular flexibility index (Phi) is 10.3. The molecule has 1 aliphatic rings. The third-order valence-electron chi connectivity index (χ3n) is 7.37. The molecular weight excluding hydrogens is 562 g/mol. The lowest BCUT2D eigenvalue weighted by Gasteiger charge is -2.33. The molecule has 3 aromatic rings. The number of amides is 2. The quantitative estimate of drug-likeness (QED) is 0.319. The molecule has 0 radical (unpaired) electrons. The summed E-state index contributed by atoms with van der Waals surface area (Å²) >= 11 is 6.44. The van der Waals surface area contributed by atoms with Crippen LogP contribution >= 0.6 is 11.6 Å². The van der Waals surface area contributed by atoms with Crippen LogP contribution in [0.4, 0.5) is 5.69 Å². The number of methoxy groups -OCH3 is 1. The van der Waals surface area contributed by atoms with Gasteiger partial charge in [-0.25, -0.2) is 8.42 Å². The molecule has 0 saturated heterocycles. The van der Waals surface area contributed by atoms with Crippen molar-refractivity contribution in [3.05, 3.63) is 89.4 Å². The molecule has 1 atom stereocenters. The minimum atomic E-state index is -4.15. The van der Waals surface area contributed by atoms with Gasteiger partial charge in [-0.05, 0) is 55.7 Å². The van der Waals surface area contributed by atoms with Crippen LogP contribution in [-0.4, -0.2) is 50.9 Å². The van der Waals surface area contributed by atoms with E-state index in [9.17, 15) is 18.0 Å². The van der Waals surface area contributed by atoms with Gasteiger partial charge in [0.15, 0.2) is 0 Å².